The number of aliphatic hydroxyl groups excluding tert-OH is 1. The molecular formula is C16H28N2O4. The molecule has 0 saturated carbocycles. The number of methoxy groups -OCH3 is 1. The van der Waals surface area contributed by atoms with Crippen LogP contribution in [0.15, 0.2) is 12.2 Å². The molecule has 0 bridgehead atoms. The third-order valence-electron chi connectivity index (χ3n) is 3.69. The van der Waals surface area contributed by atoms with Gasteiger partial charge in [0.1, 0.15) is 6.23 Å². The Morgan fingerprint density at radius 3 is 2.59 bits per heavy atom. The highest BCUT2D eigenvalue weighted by Gasteiger charge is 2.23. The van der Waals surface area contributed by atoms with Crippen molar-refractivity contribution in [2.75, 3.05) is 26.8 Å². The van der Waals surface area contributed by atoms with Crippen LogP contribution >= 0.6 is 0 Å². The fourth-order valence-electron chi connectivity index (χ4n) is 2.36. The molecule has 126 valence electrons. The third kappa shape index (κ3) is 7.56. The van der Waals surface area contributed by atoms with E-state index in [9.17, 15) is 14.7 Å². The second-order valence-electron chi connectivity index (χ2n) is 5.52. The van der Waals surface area contributed by atoms with Crippen molar-refractivity contribution in [3.63, 3.8) is 0 Å². The van der Waals surface area contributed by atoms with Gasteiger partial charge in [0.25, 0.3) is 0 Å². The minimum Gasteiger partial charge on any atom is -0.385 e. The molecular weight excluding hydrogens is 284 g/mol. The van der Waals surface area contributed by atoms with E-state index < -0.39 is 6.23 Å². The fourth-order valence-corrected chi connectivity index (χ4v) is 2.36. The summed E-state index contributed by atoms with van der Waals surface area (Å²) in [5.41, 5.74) is 0. The Kier molecular flexibility index (Phi) is 9.50. The summed E-state index contributed by atoms with van der Waals surface area (Å²) < 4.78 is 4.99. The summed E-state index contributed by atoms with van der Waals surface area (Å²) >= 11 is 0. The van der Waals surface area contributed by atoms with Gasteiger partial charge in [-0.2, -0.15) is 0 Å². The number of nitrogens with one attached hydrogen (secondary N) is 1. The molecule has 1 unspecified atom stereocenters. The molecule has 2 amide bonds. The molecule has 0 aromatic carbocycles. The van der Waals surface area contributed by atoms with Gasteiger partial charge in [0.15, 0.2) is 0 Å². The molecule has 1 aliphatic rings. The molecule has 0 radical (unpaired) electrons. The van der Waals surface area contributed by atoms with Crippen molar-refractivity contribution >= 4 is 11.8 Å². The van der Waals surface area contributed by atoms with Gasteiger partial charge >= 0.3 is 0 Å². The largest absolute Gasteiger partial charge is 0.385 e. The summed E-state index contributed by atoms with van der Waals surface area (Å²) in [7, 11) is 1.72. The van der Waals surface area contributed by atoms with Crippen LogP contribution in [-0.4, -0.2) is 54.9 Å². The summed E-state index contributed by atoms with van der Waals surface area (Å²) in [5, 5.41) is 12.4. The number of unbranched alkanes of at least 4 members (excludes halogenated alkanes) is 5. The lowest BCUT2D eigenvalue weighted by Gasteiger charge is -2.19. The Hall–Kier alpha value is -1.40. The first-order valence-electron chi connectivity index (χ1n) is 8.07. The van der Waals surface area contributed by atoms with Crippen LogP contribution in [-0.2, 0) is 14.3 Å². The highest BCUT2D eigenvalue weighted by atomic mass is 16.5. The zero-order valence-electron chi connectivity index (χ0n) is 13.4. The van der Waals surface area contributed by atoms with Crippen LogP contribution in [0.4, 0.5) is 0 Å². The van der Waals surface area contributed by atoms with Crippen LogP contribution in [0.2, 0.25) is 0 Å². The molecule has 6 nitrogen and oxygen atoms in total. The maximum atomic E-state index is 11.7. The predicted molar refractivity (Wildman–Crippen MR) is 84.1 cm³/mol. The zero-order chi connectivity index (χ0) is 16.2. The van der Waals surface area contributed by atoms with E-state index in [1.165, 1.54) is 36.3 Å². The molecule has 2 N–H and O–H groups in total. The summed E-state index contributed by atoms with van der Waals surface area (Å²) in [6.07, 6.45) is 8.87. The van der Waals surface area contributed by atoms with E-state index in [2.05, 4.69) is 5.32 Å². The number of hydrogen-bond donors (Lipinski definition) is 2. The standard InChI is InChI=1S/C16H28N2O4/c1-22-13-7-5-3-2-4-6-11-17-14(19)10-12-18-15(20)8-9-16(18)21/h8-9,15,20H,2-7,10-13H2,1H3,(H,17,19). The lowest BCUT2D eigenvalue weighted by molar-refractivity contribution is -0.131. The molecule has 22 heavy (non-hydrogen) atoms. The van der Waals surface area contributed by atoms with Gasteiger partial charge in [0.05, 0.1) is 0 Å². The van der Waals surface area contributed by atoms with Crippen LogP contribution in [0, 0.1) is 0 Å². The second-order valence-corrected chi connectivity index (χ2v) is 5.52. The van der Waals surface area contributed by atoms with Gasteiger partial charge in [0, 0.05) is 39.3 Å². The van der Waals surface area contributed by atoms with E-state index in [0.29, 0.717) is 6.54 Å². The Morgan fingerprint density at radius 1 is 1.27 bits per heavy atom. The van der Waals surface area contributed by atoms with Gasteiger partial charge in [-0.05, 0) is 18.9 Å². The average Bonchev–Trinajstić information content (AvgIpc) is 2.82. The molecule has 0 spiro atoms. The molecule has 1 atom stereocenters. The number of ether oxygens (including phenoxy) is 1. The maximum absolute atomic E-state index is 11.7. The van der Waals surface area contributed by atoms with E-state index in [0.717, 1.165) is 25.9 Å². The van der Waals surface area contributed by atoms with Crippen LogP contribution in [0.1, 0.15) is 44.9 Å². The lowest BCUT2D eigenvalue weighted by atomic mass is 10.1. The van der Waals surface area contributed by atoms with Gasteiger partial charge < -0.3 is 20.1 Å². The number of amides is 2. The number of carbonyl (C=O) groups is 2. The minimum absolute atomic E-state index is 0.0769. The molecule has 6 heteroatoms. The smallest absolute Gasteiger partial charge is 0.248 e. The average molecular weight is 312 g/mol. The van der Waals surface area contributed by atoms with E-state index >= 15 is 0 Å². The van der Waals surface area contributed by atoms with Crippen molar-refractivity contribution in [3.05, 3.63) is 12.2 Å². The van der Waals surface area contributed by atoms with E-state index in [1.807, 2.05) is 0 Å². The minimum atomic E-state index is -0.890. The Labute approximate surface area is 132 Å². The summed E-state index contributed by atoms with van der Waals surface area (Å²) in [5.74, 6) is -0.319. The third-order valence-corrected chi connectivity index (χ3v) is 3.69. The summed E-state index contributed by atoms with van der Waals surface area (Å²) in [6.45, 7) is 1.75. The first-order valence-corrected chi connectivity index (χ1v) is 8.07. The predicted octanol–water partition coefficient (Wildman–Crippen LogP) is 1.20. The summed E-state index contributed by atoms with van der Waals surface area (Å²) in [4.78, 5) is 24.3. The van der Waals surface area contributed by atoms with Crippen LogP contribution in [0.5, 0.6) is 0 Å². The number of nitrogens with zero attached hydrogens (tertiary/aromatic N) is 1. The van der Waals surface area contributed by atoms with E-state index in [4.69, 9.17) is 4.74 Å². The Morgan fingerprint density at radius 2 is 1.95 bits per heavy atom. The van der Waals surface area contributed by atoms with Crippen molar-refractivity contribution in [3.8, 4) is 0 Å². The first-order chi connectivity index (χ1) is 10.6. The molecule has 0 saturated heterocycles. The van der Waals surface area contributed by atoms with Crippen LogP contribution in [0.3, 0.4) is 0 Å². The van der Waals surface area contributed by atoms with Gasteiger partial charge in [-0.1, -0.05) is 25.7 Å². The number of hydrogen-bond acceptors (Lipinski definition) is 4. The van der Waals surface area contributed by atoms with Gasteiger partial charge in [0.2, 0.25) is 11.8 Å². The normalized spacial score (nSPS) is 17.3. The molecule has 0 aliphatic carbocycles. The van der Waals surface area contributed by atoms with Crippen molar-refractivity contribution in [2.24, 2.45) is 0 Å². The molecule has 1 aliphatic heterocycles. The monoisotopic (exact) mass is 312 g/mol. The zero-order valence-corrected chi connectivity index (χ0v) is 13.4. The summed E-state index contributed by atoms with van der Waals surface area (Å²) in [6, 6.07) is 0. The molecule has 0 aromatic rings. The van der Waals surface area contributed by atoms with Crippen LogP contribution in [0.25, 0.3) is 0 Å². The maximum Gasteiger partial charge on any atom is 0.248 e. The van der Waals surface area contributed by atoms with E-state index in [1.54, 1.807) is 7.11 Å². The van der Waals surface area contributed by atoms with Crippen molar-refractivity contribution in [2.45, 2.75) is 51.2 Å². The van der Waals surface area contributed by atoms with Gasteiger partial charge in [-0.3, -0.25) is 9.59 Å². The number of aliphatic hydroxyl groups is 1. The fraction of sp³-hybridized carbons (Fsp3) is 0.750. The Bertz CT molecular complexity index is 371. The molecule has 1 rings (SSSR count). The van der Waals surface area contributed by atoms with Crippen molar-refractivity contribution in [1.29, 1.82) is 0 Å². The molecule has 1 heterocycles. The van der Waals surface area contributed by atoms with Gasteiger partial charge in [-0.25, -0.2) is 0 Å². The topological polar surface area (TPSA) is 78.9 Å². The van der Waals surface area contributed by atoms with Crippen molar-refractivity contribution < 1.29 is 19.4 Å². The highest BCUT2D eigenvalue weighted by Crippen LogP contribution is 2.09. The van der Waals surface area contributed by atoms with Crippen LogP contribution < -0.4 is 5.32 Å². The lowest BCUT2D eigenvalue weighted by Crippen LogP contribution is -2.37. The van der Waals surface area contributed by atoms with Gasteiger partial charge in [-0.15, -0.1) is 0 Å². The molecule has 0 fully saturated rings. The number of carbonyl (C=O) groups excluding carboxylic acids is 2. The number of rotatable bonds is 12. The SMILES string of the molecule is COCCCCCCCCNC(=O)CCN1C(=O)C=CC1O. The van der Waals surface area contributed by atoms with Crippen molar-refractivity contribution in [1.82, 2.24) is 10.2 Å². The quantitative estimate of drug-likeness (QED) is 0.531. The highest BCUT2D eigenvalue weighted by molar-refractivity contribution is 5.90. The van der Waals surface area contributed by atoms with E-state index in [-0.39, 0.29) is 24.8 Å². The molecule has 0 aromatic heterocycles. The first kappa shape index (κ1) is 18.6. The Balaban J connectivity index is 1.92. The second kappa shape index (κ2) is 11.2.